The van der Waals surface area contributed by atoms with Crippen molar-refractivity contribution in [3.63, 3.8) is 0 Å². The minimum atomic E-state index is -4.46. The zero-order chi connectivity index (χ0) is 14.0. The highest BCUT2D eigenvalue weighted by molar-refractivity contribution is 5.34. The van der Waals surface area contributed by atoms with E-state index in [1.54, 1.807) is 25.1 Å². The van der Waals surface area contributed by atoms with Gasteiger partial charge in [0.2, 0.25) is 0 Å². The van der Waals surface area contributed by atoms with Crippen LogP contribution < -0.4 is 5.73 Å². The van der Waals surface area contributed by atoms with Crippen LogP contribution in [-0.2, 0) is 6.18 Å². The summed E-state index contributed by atoms with van der Waals surface area (Å²) in [4.78, 5) is 7.87. The molecule has 19 heavy (non-hydrogen) atoms. The van der Waals surface area contributed by atoms with E-state index >= 15 is 0 Å². The number of hydrogen-bond donors (Lipinski definition) is 1. The summed E-state index contributed by atoms with van der Waals surface area (Å²) in [7, 11) is 0. The van der Waals surface area contributed by atoms with Crippen LogP contribution in [-0.4, -0.2) is 9.97 Å². The van der Waals surface area contributed by atoms with Crippen LogP contribution in [0.3, 0.4) is 0 Å². The van der Waals surface area contributed by atoms with Crippen LogP contribution in [0.4, 0.5) is 13.2 Å². The third kappa shape index (κ3) is 2.90. The summed E-state index contributed by atoms with van der Waals surface area (Å²) in [5.74, 6) is 0. The Labute approximate surface area is 108 Å². The SMILES string of the molecule is Cc1cccc(C(N)c2cnccc2C(F)(F)F)n1. The van der Waals surface area contributed by atoms with Crippen molar-refractivity contribution in [1.29, 1.82) is 0 Å². The van der Waals surface area contributed by atoms with Gasteiger partial charge in [0, 0.05) is 23.7 Å². The lowest BCUT2D eigenvalue weighted by Gasteiger charge is -2.17. The molecule has 0 aromatic carbocycles. The number of rotatable bonds is 2. The maximum absolute atomic E-state index is 12.9. The number of alkyl halides is 3. The maximum atomic E-state index is 12.9. The van der Waals surface area contributed by atoms with Crippen LogP contribution >= 0.6 is 0 Å². The van der Waals surface area contributed by atoms with Gasteiger partial charge in [-0.3, -0.25) is 9.97 Å². The van der Waals surface area contributed by atoms with E-state index in [1.165, 1.54) is 0 Å². The molecule has 2 aromatic heterocycles. The van der Waals surface area contributed by atoms with Crippen LogP contribution in [0.25, 0.3) is 0 Å². The fraction of sp³-hybridized carbons (Fsp3) is 0.231. The molecule has 0 aliphatic rings. The molecule has 0 saturated heterocycles. The molecule has 100 valence electrons. The minimum Gasteiger partial charge on any atom is -0.319 e. The van der Waals surface area contributed by atoms with E-state index in [4.69, 9.17) is 5.73 Å². The molecule has 0 aliphatic carbocycles. The predicted octanol–water partition coefficient (Wildman–Crippen LogP) is 2.85. The van der Waals surface area contributed by atoms with Gasteiger partial charge in [0.15, 0.2) is 0 Å². The first kappa shape index (κ1) is 13.5. The monoisotopic (exact) mass is 267 g/mol. The molecule has 0 radical (unpaired) electrons. The van der Waals surface area contributed by atoms with Crippen molar-refractivity contribution < 1.29 is 13.2 Å². The summed E-state index contributed by atoms with van der Waals surface area (Å²) in [6.45, 7) is 1.75. The van der Waals surface area contributed by atoms with Crippen LogP contribution in [0, 0.1) is 6.92 Å². The summed E-state index contributed by atoms with van der Waals surface area (Å²) in [5.41, 5.74) is 6.11. The van der Waals surface area contributed by atoms with Crippen molar-refractivity contribution in [2.24, 2.45) is 5.73 Å². The molecule has 0 aliphatic heterocycles. The van der Waals surface area contributed by atoms with Crippen molar-refractivity contribution in [3.05, 3.63) is 59.2 Å². The second-order valence-corrected chi connectivity index (χ2v) is 4.14. The van der Waals surface area contributed by atoms with Gasteiger partial charge in [0.05, 0.1) is 17.3 Å². The van der Waals surface area contributed by atoms with E-state index in [0.717, 1.165) is 18.5 Å². The van der Waals surface area contributed by atoms with E-state index in [9.17, 15) is 13.2 Å². The highest BCUT2D eigenvalue weighted by atomic mass is 19.4. The molecular weight excluding hydrogens is 255 g/mol. The minimum absolute atomic E-state index is 0.0758. The lowest BCUT2D eigenvalue weighted by atomic mass is 10.00. The van der Waals surface area contributed by atoms with Crippen LogP contribution in [0.15, 0.2) is 36.7 Å². The van der Waals surface area contributed by atoms with Crippen LogP contribution in [0.2, 0.25) is 0 Å². The number of aryl methyl sites for hydroxylation is 1. The number of hydrogen-bond acceptors (Lipinski definition) is 3. The molecule has 0 fully saturated rings. The van der Waals surface area contributed by atoms with Gasteiger partial charge in [-0.2, -0.15) is 13.2 Å². The summed E-state index contributed by atoms with van der Waals surface area (Å²) < 4.78 is 38.7. The largest absolute Gasteiger partial charge is 0.416 e. The quantitative estimate of drug-likeness (QED) is 0.910. The second-order valence-electron chi connectivity index (χ2n) is 4.14. The van der Waals surface area contributed by atoms with Crippen molar-refractivity contribution in [2.45, 2.75) is 19.1 Å². The fourth-order valence-corrected chi connectivity index (χ4v) is 1.81. The molecule has 0 amide bonds. The van der Waals surface area contributed by atoms with Gasteiger partial charge in [0.25, 0.3) is 0 Å². The van der Waals surface area contributed by atoms with E-state index in [0.29, 0.717) is 11.4 Å². The topological polar surface area (TPSA) is 51.8 Å². The summed E-state index contributed by atoms with van der Waals surface area (Å²) in [6.07, 6.45) is -2.22. The Morgan fingerprint density at radius 1 is 1.21 bits per heavy atom. The van der Waals surface area contributed by atoms with Crippen LogP contribution in [0.5, 0.6) is 0 Å². The lowest BCUT2D eigenvalue weighted by molar-refractivity contribution is -0.138. The first-order chi connectivity index (χ1) is 8.89. The zero-order valence-electron chi connectivity index (χ0n) is 10.1. The molecule has 2 heterocycles. The highest BCUT2D eigenvalue weighted by Gasteiger charge is 2.35. The molecule has 3 nitrogen and oxygen atoms in total. The van der Waals surface area contributed by atoms with Gasteiger partial charge in [-0.15, -0.1) is 0 Å². The first-order valence-corrected chi connectivity index (χ1v) is 5.60. The van der Waals surface area contributed by atoms with Crippen molar-refractivity contribution >= 4 is 0 Å². The van der Waals surface area contributed by atoms with Gasteiger partial charge in [-0.25, -0.2) is 0 Å². The number of nitrogens with zero attached hydrogens (tertiary/aromatic N) is 2. The van der Waals surface area contributed by atoms with E-state index in [-0.39, 0.29) is 5.56 Å². The third-order valence-electron chi connectivity index (χ3n) is 2.72. The Bertz CT molecular complexity index is 581. The maximum Gasteiger partial charge on any atom is 0.416 e. The van der Waals surface area contributed by atoms with Crippen LogP contribution in [0.1, 0.15) is 28.6 Å². The smallest absolute Gasteiger partial charge is 0.319 e. The Morgan fingerprint density at radius 3 is 2.58 bits per heavy atom. The van der Waals surface area contributed by atoms with Crippen molar-refractivity contribution in [1.82, 2.24) is 9.97 Å². The molecule has 2 rings (SSSR count). The molecular formula is C13H12F3N3. The molecule has 0 spiro atoms. The van der Waals surface area contributed by atoms with E-state index < -0.39 is 17.8 Å². The average Bonchev–Trinajstić information content (AvgIpc) is 2.37. The number of aromatic nitrogens is 2. The fourth-order valence-electron chi connectivity index (χ4n) is 1.81. The van der Waals surface area contributed by atoms with E-state index in [2.05, 4.69) is 9.97 Å². The zero-order valence-corrected chi connectivity index (χ0v) is 10.1. The van der Waals surface area contributed by atoms with Gasteiger partial charge in [0.1, 0.15) is 0 Å². The Balaban J connectivity index is 2.48. The van der Waals surface area contributed by atoms with Gasteiger partial charge >= 0.3 is 6.18 Å². The van der Waals surface area contributed by atoms with Gasteiger partial charge in [-0.05, 0) is 25.1 Å². The first-order valence-electron chi connectivity index (χ1n) is 5.60. The average molecular weight is 267 g/mol. The molecule has 2 aromatic rings. The summed E-state index contributed by atoms with van der Waals surface area (Å²) in [6, 6.07) is 5.03. The molecule has 1 atom stereocenters. The third-order valence-corrected chi connectivity index (χ3v) is 2.72. The molecule has 6 heteroatoms. The standard InChI is InChI=1S/C13H12F3N3/c1-8-3-2-4-11(19-8)12(17)9-7-18-6-5-10(9)13(14,15)16/h2-7,12H,17H2,1H3. The lowest BCUT2D eigenvalue weighted by Crippen LogP contribution is -2.19. The number of halogens is 3. The number of pyridine rings is 2. The van der Waals surface area contributed by atoms with Gasteiger partial charge in [-0.1, -0.05) is 6.07 Å². The Kier molecular flexibility index (Phi) is 3.53. The van der Waals surface area contributed by atoms with E-state index in [1.807, 2.05) is 0 Å². The highest BCUT2D eigenvalue weighted by Crippen LogP contribution is 2.34. The predicted molar refractivity (Wildman–Crippen MR) is 64.2 cm³/mol. The van der Waals surface area contributed by atoms with Gasteiger partial charge < -0.3 is 5.73 Å². The van der Waals surface area contributed by atoms with Crippen molar-refractivity contribution in [2.75, 3.05) is 0 Å². The number of nitrogens with two attached hydrogens (primary N) is 1. The summed E-state index contributed by atoms with van der Waals surface area (Å²) >= 11 is 0. The second kappa shape index (κ2) is 4.97. The molecule has 1 unspecified atom stereocenters. The molecule has 0 saturated carbocycles. The normalized spacial score (nSPS) is 13.3. The Morgan fingerprint density at radius 2 is 1.95 bits per heavy atom. The Hall–Kier alpha value is -1.95. The van der Waals surface area contributed by atoms with Crippen molar-refractivity contribution in [3.8, 4) is 0 Å². The molecule has 0 bridgehead atoms. The molecule has 2 N–H and O–H groups in total. The summed E-state index contributed by atoms with van der Waals surface area (Å²) in [5, 5.41) is 0.